The summed E-state index contributed by atoms with van der Waals surface area (Å²) < 4.78 is 0. The number of unbranched alkanes of at least 4 members (excludes halogenated alkanes) is 2. The van der Waals surface area contributed by atoms with Crippen LogP contribution in [0.1, 0.15) is 36.0 Å². The maximum absolute atomic E-state index is 11.9. The van der Waals surface area contributed by atoms with Crippen molar-refractivity contribution in [1.82, 2.24) is 10.2 Å². The van der Waals surface area contributed by atoms with Crippen molar-refractivity contribution in [2.45, 2.75) is 25.7 Å². The molecule has 5 heteroatoms. The predicted molar refractivity (Wildman–Crippen MR) is 82.0 cm³/mol. The van der Waals surface area contributed by atoms with Crippen molar-refractivity contribution < 1.29 is 14.7 Å². The van der Waals surface area contributed by atoms with Gasteiger partial charge in [-0.15, -0.1) is 0 Å². The Morgan fingerprint density at radius 1 is 1.14 bits per heavy atom. The Bertz CT molecular complexity index is 434. The molecule has 116 valence electrons. The lowest BCUT2D eigenvalue weighted by Gasteiger charge is -2.17. The average Bonchev–Trinajstić information content (AvgIpc) is 2.52. The number of hydrogen-bond donors (Lipinski definition) is 2. The Hall–Kier alpha value is -1.88. The van der Waals surface area contributed by atoms with E-state index in [0.717, 1.165) is 19.3 Å². The molecule has 0 fully saturated rings. The van der Waals surface area contributed by atoms with Gasteiger partial charge in [-0.25, -0.2) is 0 Å². The fourth-order valence-corrected chi connectivity index (χ4v) is 1.93. The van der Waals surface area contributed by atoms with Crippen LogP contribution in [0, 0.1) is 0 Å². The summed E-state index contributed by atoms with van der Waals surface area (Å²) in [6.45, 7) is 1.22. The van der Waals surface area contributed by atoms with Crippen LogP contribution < -0.4 is 5.32 Å². The standard InChI is InChI=1S/C16H24N2O3/c1-18(12-6-3-7-13-19)15(20)10-11-17-16(21)14-8-4-2-5-9-14/h2,4-5,8-9,19H,3,6-7,10-13H2,1H3,(H,17,21). The number of carbonyl (C=O) groups excluding carboxylic acids is 2. The summed E-state index contributed by atoms with van der Waals surface area (Å²) in [5.74, 6) is -0.138. The van der Waals surface area contributed by atoms with Gasteiger partial charge in [0.1, 0.15) is 0 Å². The highest BCUT2D eigenvalue weighted by atomic mass is 16.3. The van der Waals surface area contributed by atoms with Crippen LogP contribution in [-0.2, 0) is 4.79 Å². The molecule has 0 aliphatic heterocycles. The molecule has 0 aliphatic carbocycles. The van der Waals surface area contributed by atoms with Gasteiger partial charge in [0.05, 0.1) is 0 Å². The second-order valence-corrected chi connectivity index (χ2v) is 4.97. The summed E-state index contributed by atoms with van der Waals surface area (Å²) in [7, 11) is 1.76. The average molecular weight is 292 g/mol. The van der Waals surface area contributed by atoms with Crippen LogP contribution in [0.3, 0.4) is 0 Å². The Balaban J connectivity index is 2.19. The summed E-state index contributed by atoms with van der Waals surface area (Å²) in [6.07, 6.45) is 2.88. The van der Waals surface area contributed by atoms with E-state index in [0.29, 0.717) is 25.1 Å². The Morgan fingerprint density at radius 3 is 2.52 bits per heavy atom. The van der Waals surface area contributed by atoms with E-state index in [2.05, 4.69) is 5.32 Å². The highest BCUT2D eigenvalue weighted by Crippen LogP contribution is 2.00. The van der Waals surface area contributed by atoms with Crippen LogP contribution in [-0.4, -0.2) is 48.6 Å². The summed E-state index contributed by atoms with van der Waals surface area (Å²) in [4.78, 5) is 25.3. The van der Waals surface area contributed by atoms with Crippen molar-refractivity contribution in [2.75, 3.05) is 26.7 Å². The highest BCUT2D eigenvalue weighted by Gasteiger charge is 2.09. The smallest absolute Gasteiger partial charge is 0.251 e. The van der Waals surface area contributed by atoms with Gasteiger partial charge in [-0.1, -0.05) is 18.2 Å². The first-order chi connectivity index (χ1) is 10.1. The van der Waals surface area contributed by atoms with Gasteiger partial charge in [-0.3, -0.25) is 9.59 Å². The number of aliphatic hydroxyl groups excluding tert-OH is 1. The molecule has 0 saturated carbocycles. The monoisotopic (exact) mass is 292 g/mol. The summed E-state index contributed by atoms with van der Waals surface area (Å²) >= 11 is 0. The molecule has 0 atom stereocenters. The molecule has 0 bridgehead atoms. The van der Waals surface area contributed by atoms with Gasteiger partial charge in [0.2, 0.25) is 5.91 Å². The van der Waals surface area contributed by atoms with Crippen LogP contribution in [0.25, 0.3) is 0 Å². The van der Waals surface area contributed by atoms with Crippen molar-refractivity contribution in [3.63, 3.8) is 0 Å². The summed E-state index contributed by atoms with van der Waals surface area (Å²) in [5.41, 5.74) is 0.599. The van der Waals surface area contributed by atoms with Gasteiger partial charge in [0, 0.05) is 38.7 Å². The number of nitrogens with one attached hydrogen (secondary N) is 1. The van der Waals surface area contributed by atoms with Crippen molar-refractivity contribution in [3.05, 3.63) is 35.9 Å². The molecule has 2 N–H and O–H groups in total. The molecular weight excluding hydrogens is 268 g/mol. The topological polar surface area (TPSA) is 69.6 Å². The van der Waals surface area contributed by atoms with E-state index in [1.165, 1.54) is 0 Å². The first-order valence-corrected chi connectivity index (χ1v) is 7.33. The number of aliphatic hydroxyl groups is 1. The van der Waals surface area contributed by atoms with Gasteiger partial charge in [0.25, 0.3) is 5.91 Å². The Labute approximate surface area is 126 Å². The number of rotatable bonds is 9. The molecule has 0 aromatic heterocycles. The zero-order valence-electron chi connectivity index (χ0n) is 12.5. The number of nitrogens with zero attached hydrogens (tertiary/aromatic N) is 1. The molecule has 21 heavy (non-hydrogen) atoms. The van der Waals surface area contributed by atoms with Crippen LogP contribution in [0.2, 0.25) is 0 Å². The van der Waals surface area contributed by atoms with Gasteiger partial charge < -0.3 is 15.3 Å². The maximum atomic E-state index is 11.9. The lowest BCUT2D eigenvalue weighted by Crippen LogP contribution is -2.32. The van der Waals surface area contributed by atoms with Gasteiger partial charge in [0.15, 0.2) is 0 Å². The van der Waals surface area contributed by atoms with Gasteiger partial charge in [-0.2, -0.15) is 0 Å². The van der Waals surface area contributed by atoms with E-state index in [9.17, 15) is 9.59 Å². The molecule has 0 heterocycles. The quantitative estimate of drug-likeness (QED) is 0.676. The number of carbonyl (C=O) groups is 2. The first-order valence-electron chi connectivity index (χ1n) is 7.33. The summed E-state index contributed by atoms with van der Waals surface area (Å²) in [6, 6.07) is 8.95. The fourth-order valence-electron chi connectivity index (χ4n) is 1.93. The van der Waals surface area contributed by atoms with E-state index < -0.39 is 0 Å². The fraction of sp³-hybridized carbons (Fsp3) is 0.500. The zero-order chi connectivity index (χ0) is 15.5. The molecule has 1 rings (SSSR count). The third-order valence-corrected chi connectivity index (χ3v) is 3.24. The van der Waals surface area contributed by atoms with E-state index in [4.69, 9.17) is 5.11 Å². The number of hydrogen-bond acceptors (Lipinski definition) is 3. The first kappa shape index (κ1) is 17.2. The minimum absolute atomic E-state index is 0.0207. The predicted octanol–water partition coefficient (Wildman–Crippen LogP) is 1.43. The van der Waals surface area contributed by atoms with E-state index in [1.807, 2.05) is 6.07 Å². The minimum Gasteiger partial charge on any atom is -0.396 e. The molecule has 5 nitrogen and oxygen atoms in total. The number of benzene rings is 1. The highest BCUT2D eigenvalue weighted by molar-refractivity contribution is 5.94. The van der Waals surface area contributed by atoms with E-state index >= 15 is 0 Å². The molecule has 0 spiro atoms. The third kappa shape index (κ3) is 6.90. The second kappa shape index (κ2) is 9.94. The normalized spacial score (nSPS) is 10.2. The SMILES string of the molecule is CN(CCCCCO)C(=O)CCNC(=O)c1ccccc1. The maximum Gasteiger partial charge on any atom is 0.251 e. The Morgan fingerprint density at radius 2 is 1.86 bits per heavy atom. The minimum atomic E-state index is -0.158. The second-order valence-electron chi connectivity index (χ2n) is 4.97. The molecule has 0 aliphatic rings. The van der Waals surface area contributed by atoms with Crippen LogP contribution in [0.4, 0.5) is 0 Å². The van der Waals surface area contributed by atoms with Crippen molar-refractivity contribution in [1.29, 1.82) is 0 Å². The molecule has 0 radical (unpaired) electrons. The van der Waals surface area contributed by atoms with Crippen molar-refractivity contribution >= 4 is 11.8 Å². The third-order valence-electron chi connectivity index (χ3n) is 3.24. The van der Waals surface area contributed by atoms with Crippen LogP contribution in [0.5, 0.6) is 0 Å². The Kier molecular flexibility index (Phi) is 8.12. The molecule has 1 aromatic carbocycles. The van der Waals surface area contributed by atoms with E-state index in [1.54, 1.807) is 36.2 Å². The molecule has 0 saturated heterocycles. The molecule has 0 unspecified atom stereocenters. The lowest BCUT2D eigenvalue weighted by molar-refractivity contribution is -0.129. The lowest BCUT2D eigenvalue weighted by atomic mass is 10.2. The van der Waals surface area contributed by atoms with Crippen molar-refractivity contribution in [3.8, 4) is 0 Å². The van der Waals surface area contributed by atoms with Crippen LogP contribution in [0.15, 0.2) is 30.3 Å². The van der Waals surface area contributed by atoms with E-state index in [-0.39, 0.29) is 18.4 Å². The van der Waals surface area contributed by atoms with Gasteiger partial charge >= 0.3 is 0 Å². The van der Waals surface area contributed by atoms with Gasteiger partial charge in [-0.05, 0) is 31.4 Å². The number of amides is 2. The molecule has 1 aromatic rings. The largest absolute Gasteiger partial charge is 0.396 e. The van der Waals surface area contributed by atoms with Crippen LogP contribution >= 0.6 is 0 Å². The summed E-state index contributed by atoms with van der Waals surface area (Å²) in [5, 5.41) is 11.4. The zero-order valence-corrected chi connectivity index (χ0v) is 12.5. The van der Waals surface area contributed by atoms with Crippen molar-refractivity contribution in [2.24, 2.45) is 0 Å². The molecule has 2 amide bonds. The molecular formula is C16H24N2O3.